The van der Waals surface area contributed by atoms with Crippen LogP contribution in [0.4, 0.5) is 0 Å². The largest absolute Gasteiger partial charge is 0.340 e. The summed E-state index contributed by atoms with van der Waals surface area (Å²) in [6.45, 7) is 8.75. The van der Waals surface area contributed by atoms with Crippen molar-refractivity contribution in [2.24, 2.45) is 5.41 Å². The third-order valence-corrected chi connectivity index (χ3v) is 2.26. The lowest BCUT2D eigenvalue weighted by atomic mass is 9.98. The van der Waals surface area contributed by atoms with Gasteiger partial charge >= 0.3 is 5.97 Å². The molecule has 1 aromatic rings. The standard InChI is InChI=1S/C14H17NO3/c1-5-10-6-8-11(9-7-10)12(16)15-18-13(17)14(2,3)4/h5-9H,1H2,2-4H3,(H,15,16). The molecule has 1 aromatic carbocycles. The molecule has 0 aliphatic heterocycles. The Morgan fingerprint density at radius 2 is 1.78 bits per heavy atom. The number of nitrogens with one attached hydrogen (secondary N) is 1. The van der Waals surface area contributed by atoms with Crippen LogP contribution in [0.15, 0.2) is 30.8 Å². The van der Waals surface area contributed by atoms with Gasteiger partial charge in [-0.2, -0.15) is 5.48 Å². The number of benzene rings is 1. The van der Waals surface area contributed by atoms with Crippen LogP contribution in [-0.2, 0) is 9.63 Å². The van der Waals surface area contributed by atoms with E-state index in [0.29, 0.717) is 5.56 Å². The molecule has 4 heteroatoms. The second kappa shape index (κ2) is 5.49. The van der Waals surface area contributed by atoms with Gasteiger partial charge in [-0.25, -0.2) is 4.79 Å². The van der Waals surface area contributed by atoms with Crippen LogP contribution in [-0.4, -0.2) is 11.9 Å². The molecule has 0 bridgehead atoms. The zero-order valence-corrected chi connectivity index (χ0v) is 10.8. The molecule has 0 atom stereocenters. The summed E-state index contributed by atoms with van der Waals surface area (Å²) in [7, 11) is 0. The average molecular weight is 247 g/mol. The van der Waals surface area contributed by atoms with Crippen molar-refractivity contribution in [3.63, 3.8) is 0 Å². The lowest BCUT2D eigenvalue weighted by Crippen LogP contribution is -2.33. The minimum absolute atomic E-state index is 0.419. The molecule has 0 spiro atoms. The Bertz CT molecular complexity index is 455. The highest BCUT2D eigenvalue weighted by Crippen LogP contribution is 2.14. The van der Waals surface area contributed by atoms with Crippen LogP contribution < -0.4 is 5.48 Å². The van der Waals surface area contributed by atoms with Gasteiger partial charge in [0.05, 0.1) is 5.41 Å². The first-order valence-corrected chi connectivity index (χ1v) is 5.58. The van der Waals surface area contributed by atoms with Gasteiger partial charge in [0.2, 0.25) is 0 Å². The number of rotatable bonds is 2. The van der Waals surface area contributed by atoms with Crippen LogP contribution in [0, 0.1) is 5.41 Å². The van der Waals surface area contributed by atoms with Crippen LogP contribution in [0.2, 0.25) is 0 Å². The monoisotopic (exact) mass is 247 g/mol. The molecule has 0 aliphatic carbocycles. The zero-order chi connectivity index (χ0) is 13.8. The maximum atomic E-state index is 11.7. The van der Waals surface area contributed by atoms with E-state index in [4.69, 9.17) is 4.84 Å². The van der Waals surface area contributed by atoms with Crippen molar-refractivity contribution in [1.82, 2.24) is 5.48 Å². The van der Waals surface area contributed by atoms with E-state index in [9.17, 15) is 9.59 Å². The lowest BCUT2D eigenvalue weighted by Gasteiger charge is -2.15. The Balaban J connectivity index is 2.60. The van der Waals surface area contributed by atoms with Gasteiger partial charge in [0.1, 0.15) is 0 Å². The summed E-state index contributed by atoms with van der Waals surface area (Å²) >= 11 is 0. The first kappa shape index (κ1) is 14.0. The van der Waals surface area contributed by atoms with Crippen molar-refractivity contribution in [3.8, 4) is 0 Å². The SMILES string of the molecule is C=Cc1ccc(C(=O)NOC(=O)C(C)(C)C)cc1. The zero-order valence-electron chi connectivity index (χ0n) is 10.8. The summed E-state index contributed by atoms with van der Waals surface area (Å²) in [6.07, 6.45) is 1.68. The highest BCUT2D eigenvalue weighted by Gasteiger charge is 2.24. The Hall–Kier alpha value is -2.10. The van der Waals surface area contributed by atoms with Crippen molar-refractivity contribution in [1.29, 1.82) is 0 Å². The first-order valence-electron chi connectivity index (χ1n) is 5.58. The van der Waals surface area contributed by atoms with Crippen LogP contribution in [0.5, 0.6) is 0 Å². The Kier molecular flexibility index (Phi) is 4.26. The molecule has 1 amide bonds. The van der Waals surface area contributed by atoms with E-state index in [1.165, 1.54) is 0 Å². The third kappa shape index (κ3) is 3.73. The molecular weight excluding hydrogens is 230 g/mol. The summed E-state index contributed by atoms with van der Waals surface area (Å²) in [5.41, 5.74) is 2.81. The fourth-order valence-electron chi connectivity index (χ4n) is 1.08. The molecule has 0 saturated heterocycles. The Morgan fingerprint density at radius 3 is 2.22 bits per heavy atom. The number of hydrogen-bond donors (Lipinski definition) is 1. The van der Waals surface area contributed by atoms with Crippen LogP contribution in [0.1, 0.15) is 36.7 Å². The Labute approximate surface area is 107 Å². The lowest BCUT2D eigenvalue weighted by molar-refractivity contribution is -0.158. The fraction of sp³-hybridized carbons (Fsp3) is 0.286. The number of carbonyl (C=O) groups excluding carboxylic acids is 2. The summed E-state index contributed by atoms with van der Waals surface area (Å²) in [6, 6.07) is 6.79. The quantitative estimate of drug-likeness (QED) is 0.817. The van der Waals surface area contributed by atoms with Crippen LogP contribution >= 0.6 is 0 Å². The van der Waals surface area contributed by atoms with Crippen LogP contribution in [0.25, 0.3) is 6.08 Å². The summed E-state index contributed by atoms with van der Waals surface area (Å²) in [5.74, 6) is -0.943. The molecule has 4 nitrogen and oxygen atoms in total. The first-order chi connectivity index (χ1) is 8.34. The van der Waals surface area contributed by atoms with Gasteiger partial charge in [-0.1, -0.05) is 24.8 Å². The molecule has 1 N–H and O–H groups in total. The predicted octanol–water partition coefficient (Wildman–Crippen LogP) is 2.56. The third-order valence-electron chi connectivity index (χ3n) is 2.26. The van der Waals surface area contributed by atoms with Crippen molar-refractivity contribution in [2.75, 3.05) is 0 Å². The van der Waals surface area contributed by atoms with Gasteiger partial charge in [-0.05, 0) is 38.5 Å². The second-order valence-electron chi connectivity index (χ2n) is 4.90. The van der Waals surface area contributed by atoms with E-state index in [2.05, 4.69) is 12.1 Å². The van der Waals surface area contributed by atoms with Gasteiger partial charge in [-0.15, -0.1) is 0 Å². The maximum Gasteiger partial charge on any atom is 0.337 e. The number of hydrogen-bond acceptors (Lipinski definition) is 3. The van der Waals surface area contributed by atoms with Crippen molar-refractivity contribution in [3.05, 3.63) is 42.0 Å². The molecule has 18 heavy (non-hydrogen) atoms. The topological polar surface area (TPSA) is 55.4 Å². The van der Waals surface area contributed by atoms with Gasteiger partial charge in [-0.3, -0.25) is 4.79 Å². The molecule has 96 valence electrons. The van der Waals surface area contributed by atoms with Gasteiger partial charge in [0, 0.05) is 5.56 Å². The van der Waals surface area contributed by atoms with Gasteiger partial charge in [0.25, 0.3) is 5.91 Å². The van der Waals surface area contributed by atoms with E-state index in [-0.39, 0.29) is 0 Å². The minimum Gasteiger partial charge on any atom is -0.340 e. The number of carbonyl (C=O) groups is 2. The smallest absolute Gasteiger partial charge is 0.337 e. The maximum absolute atomic E-state index is 11.7. The molecule has 0 aliphatic rings. The molecule has 0 fully saturated rings. The van der Waals surface area contributed by atoms with Crippen LogP contribution in [0.3, 0.4) is 0 Å². The number of hydroxylamine groups is 1. The highest BCUT2D eigenvalue weighted by atomic mass is 16.7. The molecule has 0 saturated carbocycles. The van der Waals surface area contributed by atoms with Crippen molar-refractivity contribution in [2.45, 2.75) is 20.8 Å². The number of amides is 1. The van der Waals surface area contributed by atoms with E-state index in [1.54, 1.807) is 51.1 Å². The Morgan fingerprint density at radius 1 is 1.22 bits per heavy atom. The predicted molar refractivity (Wildman–Crippen MR) is 69.5 cm³/mol. The summed E-state index contributed by atoms with van der Waals surface area (Å²) < 4.78 is 0. The summed E-state index contributed by atoms with van der Waals surface area (Å²) in [5, 5.41) is 0. The molecule has 0 aromatic heterocycles. The molecular formula is C14H17NO3. The van der Waals surface area contributed by atoms with Crippen molar-refractivity contribution >= 4 is 18.0 Å². The van der Waals surface area contributed by atoms with Gasteiger partial charge < -0.3 is 4.84 Å². The fourth-order valence-corrected chi connectivity index (χ4v) is 1.08. The molecule has 0 unspecified atom stereocenters. The van der Waals surface area contributed by atoms with E-state index < -0.39 is 17.3 Å². The van der Waals surface area contributed by atoms with E-state index >= 15 is 0 Å². The van der Waals surface area contributed by atoms with E-state index in [0.717, 1.165) is 5.56 Å². The second-order valence-corrected chi connectivity index (χ2v) is 4.90. The van der Waals surface area contributed by atoms with Gasteiger partial charge in [0.15, 0.2) is 0 Å². The van der Waals surface area contributed by atoms with E-state index in [1.807, 2.05) is 0 Å². The minimum atomic E-state index is -0.653. The highest BCUT2D eigenvalue weighted by molar-refractivity contribution is 5.94. The average Bonchev–Trinajstić information content (AvgIpc) is 2.34. The molecule has 0 heterocycles. The van der Waals surface area contributed by atoms with Crippen molar-refractivity contribution < 1.29 is 14.4 Å². The molecule has 1 rings (SSSR count). The normalized spacial score (nSPS) is 10.6. The molecule has 0 radical (unpaired) electrons. The summed E-state index contributed by atoms with van der Waals surface area (Å²) in [4.78, 5) is 27.8.